The Bertz CT molecular complexity index is 246. The van der Waals surface area contributed by atoms with Crippen LogP contribution in [0, 0.1) is 0 Å². The number of hydrogen-bond acceptors (Lipinski definition) is 2. The van der Waals surface area contributed by atoms with Crippen molar-refractivity contribution in [2.24, 2.45) is 5.73 Å². The van der Waals surface area contributed by atoms with E-state index in [0.717, 1.165) is 6.42 Å². The number of rotatable bonds is 6. The molecular formula is C12H23N3. The lowest BCUT2D eigenvalue weighted by Crippen LogP contribution is -2.20. The molecule has 3 heteroatoms. The molecule has 1 aromatic heterocycles. The van der Waals surface area contributed by atoms with E-state index in [0.29, 0.717) is 18.5 Å². The lowest BCUT2D eigenvalue weighted by Gasteiger charge is -2.21. The highest BCUT2D eigenvalue weighted by Crippen LogP contribution is 2.25. The average Bonchev–Trinajstić information content (AvgIpc) is 2.71. The summed E-state index contributed by atoms with van der Waals surface area (Å²) in [7, 11) is 0. The highest BCUT2D eigenvalue weighted by atomic mass is 15.1. The molecule has 0 spiro atoms. The van der Waals surface area contributed by atoms with Crippen LogP contribution in [0.4, 0.5) is 0 Å². The molecule has 0 aromatic carbocycles. The van der Waals surface area contributed by atoms with E-state index in [1.807, 2.05) is 12.5 Å². The largest absolute Gasteiger partial charge is 0.330 e. The molecule has 1 atom stereocenters. The normalized spacial score (nSPS) is 13.4. The van der Waals surface area contributed by atoms with E-state index >= 15 is 0 Å². The fraction of sp³-hybridized carbons (Fsp3) is 0.750. The van der Waals surface area contributed by atoms with Crippen molar-refractivity contribution in [3.63, 3.8) is 0 Å². The van der Waals surface area contributed by atoms with Crippen LogP contribution in [-0.4, -0.2) is 16.1 Å². The smallest absolute Gasteiger partial charge is 0.0951 e. The van der Waals surface area contributed by atoms with E-state index in [1.165, 1.54) is 18.5 Å². The fourth-order valence-corrected chi connectivity index (χ4v) is 2.12. The lowest BCUT2D eigenvalue weighted by atomic mass is 9.99. The Labute approximate surface area is 92.7 Å². The van der Waals surface area contributed by atoms with Gasteiger partial charge in [-0.2, -0.15) is 0 Å². The van der Waals surface area contributed by atoms with Crippen molar-refractivity contribution in [3.8, 4) is 0 Å². The van der Waals surface area contributed by atoms with Crippen LogP contribution in [-0.2, 0) is 0 Å². The van der Waals surface area contributed by atoms with Gasteiger partial charge in [0, 0.05) is 30.4 Å². The van der Waals surface area contributed by atoms with Crippen LogP contribution >= 0.6 is 0 Å². The summed E-state index contributed by atoms with van der Waals surface area (Å²) < 4.78 is 2.26. The molecule has 1 rings (SSSR count). The van der Waals surface area contributed by atoms with Crippen molar-refractivity contribution in [2.75, 3.05) is 6.54 Å². The minimum Gasteiger partial charge on any atom is -0.330 e. The Morgan fingerprint density at radius 1 is 1.27 bits per heavy atom. The lowest BCUT2D eigenvalue weighted by molar-refractivity contribution is 0.457. The summed E-state index contributed by atoms with van der Waals surface area (Å²) in [6.45, 7) is 7.33. The molecular weight excluding hydrogens is 186 g/mol. The fourth-order valence-electron chi connectivity index (χ4n) is 2.12. The van der Waals surface area contributed by atoms with Crippen molar-refractivity contribution in [3.05, 3.63) is 18.2 Å². The molecule has 86 valence electrons. The van der Waals surface area contributed by atoms with E-state index in [9.17, 15) is 0 Å². The summed E-state index contributed by atoms with van der Waals surface area (Å²) in [5.41, 5.74) is 7.12. The van der Waals surface area contributed by atoms with Crippen molar-refractivity contribution in [1.29, 1.82) is 0 Å². The molecule has 0 aliphatic heterocycles. The second-order valence-corrected chi connectivity index (χ2v) is 4.04. The average molecular weight is 209 g/mol. The number of hydrogen-bond donors (Lipinski definition) is 1. The predicted molar refractivity (Wildman–Crippen MR) is 63.9 cm³/mol. The Hall–Kier alpha value is -0.830. The number of nitrogens with two attached hydrogens (primary N) is 1. The first-order chi connectivity index (χ1) is 7.28. The van der Waals surface area contributed by atoms with Crippen LogP contribution in [0.3, 0.4) is 0 Å². The summed E-state index contributed by atoms with van der Waals surface area (Å²) in [6, 6.07) is 0.406. The monoisotopic (exact) mass is 209 g/mol. The third kappa shape index (κ3) is 2.59. The molecule has 3 nitrogen and oxygen atoms in total. The minimum atomic E-state index is 0.406. The van der Waals surface area contributed by atoms with Gasteiger partial charge < -0.3 is 10.3 Å². The third-order valence-electron chi connectivity index (χ3n) is 3.24. The van der Waals surface area contributed by atoms with Crippen molar-refractivity contribution >= 4 is 0 Å². The zero-order valence-electron chi connectivity index (χ0n) is 10.1. The molecule has 1 aromatic rings. The molecule has 0 aliphatic rings. The van der Waals surface area contributed by atoms with Gasteiger partial charge in [-0.1, -0.05) is 20.8 Å². The highest BCUT2D eigenvalue weighted by Gasteiger charge is 2.16. The SMILES string of the molecule is CCC(CC)c1cncn1C(CC)CN. The first-order valence-electron chi connectivity index (χ1n) is 6.00. The van der Waals surface area contributed by atoms with Gasteiger partial charge in [-0.15, -0.1) is 0 Å². The van der Waals surface area contributed by atoms with Gasteiger partial charge in [0.05, 0.1) is 6.33 Å². The molecule has 0 amide bonds. The van der Waals surface area contributed by atoms with Gasteiger partial charge in [0.25, 0.3) is 0 Å². The second kappa shape index (κ2) is 5.91. The van der Waals surface area contributed by atoms with Crippen LogP contribution in [0.1, 0.15) is 57.7 Å². The zero-order chi connectivity index (χ0) is 11.3. The summed E-state index contributed by atoms with van der Waals surface area (Å²) in [5, 5.41) is 0. The Balaban J connectivity index is 2.93. The predicted octanol–water partition coefficient (Wildman–Crippen LogP) is 2.70. The van der Waals surface area contributed by atoms with Crippen LogP contribution in [0.25, 0.3) is 0 Å². The number of imidazole rings is 1. The van der Waals surface area contributed by atoms with Crippen LogP contribution < -0.4 is 5.73 Å². The van der Waals surface area contributed by atoms with Gasteiger partial charge in [-0.3, -0.25) is 0 Å². The van der Waals surface area contributed by atoms with Crippen molar-refractivity contribution < 1.29 is 0 Å². The van der Waals surface area contributed by atoms with E-state index in [-0.39, 0.29) is 0 Å². The topological polar surface area (TPSA) is 43.8 Å². The highest BCUT2D eigenvalue weighted by molar-refractivity contribution is 5.07. The zero-order valence-corrected chi connectivity index (χ0v) is 10.1. The van der Waals surface area contributed by atoms with Crippen LogP contribution in [0.15, 0.2) is 12.5 Å². The Morgan fingerprint density at radius 3 is 2.40 bits per heavy atom. The molecule has 2 N–H and O–H groups in total. The summed E-state index contributed by atoms with van der Waals surface area (Å²) in [6.07, 6.45) is 7.33. The maximum atomic E-state index is 5.78. The molecule has 15 heavy (non-hydrogen) atoms. The van der Waals surface area contributed by atoms with E-state index in [4.69, 9.17) is 5.73 Å². The molecule has 0 aliphatic carbocycles. The summed E-state index contributed by atoms with van der Waals surface area (Å²) >= 11 is 0. The Morgan fingerprint density at radius 2 is 1.93 bits per heavy atom. The van der Waals surface area contributed by atoms with Gasteiger partial charge in [0.2, 0.25) is 0 Å². The molecule has 0 fully saturated rings. The van der Waals surface area contributed by atoms with Crippen molar-refractivity contribution in [2.45, 2.75) is 52.0 Å². The quantitative estimate of drug-likeness (QED) is 0.783. The van der Waals surface area contributed by atoms with Gasteiger partial charge in [0.15, 0.2) is 0 Å². The molecule has 0 bridgehead atoms. The molecule has 1 heterocycles. The first kappa shape index (κ1) is 12.2. The Kier molecular flexibility index (Phi) is 4.82. The van der Waals surface area contributed by atoms with Crippen LogP contribution in [0.5, 0.6) is 0 Å². The van der Waals surface area contributed by atoms with Gasteiger partial charge in [0.1, 0.15) is 0 Å². The second-order valence-electron chi connectivity index (χ2n) is 4.04. The first-order valence-corrected chi connectivity index (χ1v) is 6.00. The molecule has 0 radical (unpaired) electrons. The minimum absolute atomic E-state index is 0.406. The molecule has 1 unspecified atom stereocenters. The maximum Gasteiger partial charge on any atom is 0.0951 e. The van der Waals surface area contributed by atoms with E-state index in [1.54, 1.807) is 0 Å². The van der Waals surface area contributed by atoms with Crippen LogP contribution in [0.2, 0.25) is 0 Å². The molecule has 0 saturated carbocycles. The standard InChI is InChI=1S/C12H23N3/c1-4-10(5-2)12-8-14-9-15(12)11(6-3)7-13/h8-11H,4-7,13H2,1-3H3. The van der Waals surface area contributed by atoms with Gasteiger partial charge in [-0.05, 0) is 19.3 Å². The third-order valence-corrected chi connectivity index (χ3v) is 3.24. The van der Waals surface area contributed by atoms with E-state index < -0.39 is 0 Å². The maximum absolute atomic E-state index is 5.78. The molecule has 0 saturated heterocycles. The van der Waals surface area contributed by atoms with Gasteiger partial charge >= 0.3 is 0 Å². The summed E-state index contributed by atoms with van der Waals surface area (Å²) in [4.78, 5) is 4.26. The van der Waals surface area contributed by atoms with Gasteiger partial charge in [-0.25, -0.2) is 4.98 Å². The van der Waals surface area contributed by atoms with E-state index in [2.05, 4.69) is 30.3 Å². The van der Waals surface area contributed by atoms with Crippen molar-refractivity contribution in [1.82, 2.24) is 9.55 Å². The number of aromatic nitrogens is 2. The number of nitrogens with zero attached hydrogens (tertiary/aromatic N) is 2. The summed E-state index contributed by atoms with van der Waals surface area (Å²) in [5.74, 6) is 0.619.